The predicted molar refractivity (Wildman–Crippen MR) is 94.8 cm³/mol. The van der Waals surface area contributed by atoms with Crippen LogP contribution in [-0.4, -0.2) is 37.1 Å². The van der Waals surface area contributed by atoms with Gasteiger partial charge >= 0.3 is 0 Å². The minimum absolute atomic E-state index is 0.539. The van der Waals surface area contributed by atoms with E-state index in [0.29, 0.717) is 5.41 Å². The largest absolute Gasteiger partial charge is 0.314 e. The lowest BCUT2D eigenvalue weighted by atomic mass is 9.69. The van der Waals surface area contributed by atoms with E-state index < -0.39 is 0 Å². The Morgan fingerprint density at radius 3 is 2.19 bits per heavy atom. The molecule has 0 bridgehead atoms. The molecule has 1 N–H and O–H groups in total. The molecular formula is C19H40N2. The number of hydrogen-bond acceptors (Lipinski definition) is 2. The van der Waals surface area contributed by atoms with E-state index in [1.807, 2.05) is 0 Å². The topological polar surface area (TPSA) is 15.3 Å². The van der Waals surface area contributed by atoms with Crippen molar-refractivity contribution in [3.63, 3.8) is 0 Å². The molecule has 0 heterocycles. The molecule has 0 saturated heterocycles. The monoisotopic (exact) mass is 296 g/mol. The van der Waals surface area contributed by atoms with Gasteiger partial charge in [0.25, 0.3) is 0 Å². The molecule has 1 saturated carbocycles. The summed E-state index contributed by atoms with van der Waals surface area (Å²) < 4.78 is 0. The van der Waals surface area contributed by atoms with Crippen molar-refractivity contribution in [2.45, 2.75) is 85.6 Å². The third-order valence-corrected chi connectivity index (χ3v) is 5.13. The van der Waals surface area contributed by atoms with Crippen molar-refractivity contribution in [2.75, 3.05) is 26.2 Å². The molecule has 2 heteroatoms. The second kappa shape index (κ2) is 9.84. The Hall–Kier alpha value is -0.0800. The van der Waals surface area contributed by atoms with Crippen LogP contribution < -0.4 is 5.32 Å². The van der Waals surface area contributed by atoms with Crippen LogP contribution in [0.25, 0.3) is 0 Å². The van der Waals surface area contributed by atoms with E-state index in [4.69, 9.17) is 0 Å². The summed E-state index contributed by atoms with van der Waals surface area (Å²) in [6.07, 6.45) is 9.47. The molecule has 0 radical (unpaired) electrons. The first-order valence-electron chi connectivity index (χ1n) is 9.48. The van der Waals surface area contributed by atoms with E-state index in [2.05, 4.69) is 44.8 Å². The quantitative estimate of drug-likeness (QED) is 0.629. The summed E-state index contributed by atoms with van der Waals surface area (Å²) >= 11 is 0. The van der Waals surface area contributed by atoms with Crippen molar-refractivity contribution in [2.24, 2.45) is 11.3 Å². The van der Waals surface area contributed by atoms with Gasteiger partial charge < -0.3 is 10.2 Å². The van der Waals surface area contributed by atoms with Crippen molar-refractivity contribution < 1.29 is 0 Å². The summed E-state index contributed by atoms with van der Waals surface area (Å²) in [4.78, 5) is 2.75. The maximum absolute atomic E-state index is 3.76. The number of rotatable bonds is 10. The number of hydrogen-bond donors (Lipinski definition) is 1. The molecule has 126 valence electrons. The molecule has 2 unspecified atom stereocenters. The fourth-order valence-corrected chi connectivity index (χ4v) is 3.85. The van der Waals surface area contributed by atoms with Gasteiger partial charge in [0, 0.05) is 12.6 Å². The van der Waals surface area contributed by atoms with Crippen LogP contribution in [-0.2, 0) is 0 Å². The Labute approximate surface area is 134 Å². The second-order valence-corrected chi connectivity index (χ2v) is 7.84. The first kappa shape index (κ1) is 19.0. The highest BCUT2D eigenvalue weighted by Crippen LogP contribution is 2.39. The average molecular weight is 297 g/mol. The third kappa shape index (κ3) is 7.15. The Morgan fingerprint density at radius 2 is 1.67 bits per heavy atom. The van der Waals surface area contributed by atoms with Crippen molar-refractivity contribution in [3.05, 3.63) is 0 Å². The maximum atomic E-state index is 3.76. The van der Waals surface area contributed by atoms with Gasteiger partial charge in [0.2, 0.25) is 0 Å². The summed E-state index contributed by atoms with van der Waals surface area (Å²) in [6.45, 7) is 16.8. The lowest BCUT2D eigenvalue weighted by Gasteiger charge is -2.43. The number of unbranched alkanes of at least 4 members (excludes halogenated alkanes) is 2. The van der Waals surface area contributed by atoms with Gasteiger partial charge in [-0.15, -0.1) is 0 Å². The molecule has 0 aliphatic heterocycles. The SMILES string of the molecule is CCCCN(CCCC)CC1CC(C)(C)CCC1NCC. The van der Waals surface area contributed by atoms with Gasteiger partial charge in [-0.1, -0.05) is 47.5 Å². The minimum Gasteiger partial charge on any atom is -0.314 e. The van der Waals surface area contributed by atoms with Crippen molar-refractivity contribution in [3.8, 4) is 0 Å². The molecule has 1 aliphatic rings. The molecule has 0 aromatic carbocycles. The van der Waals surface area contributed by atoms with Crippen molar-refractivity contribution in [1.29, 1.82) is 0 Å². The summed E-state index contributed by atoms with van der Waals surface area (Å²) in [6, 6.07) is 0.744. The normalized spacial score (nSPS) is 25.4. The molecule has 0 aromatic heterocycles. The third-order valence-electron chi connectivity index (χ3n) is 5.13. The Kier molecular flexibility index (Phi) is 8.89. The zero-order valence-corrected chi connectivity index (χ0v) is 15.4. The number of nitrogens with one attached hydrogen (secondary N) is 1. The van der Waals surface area contributed by atoms with Crippen LogP contribution in [0.5, 0.6) is 0 Å². The summed E-state index contributed by atoms with van der Waals surface area (Å²) in [7, 11) is 0. The smallest absolute Gasteiger partial charge is 0.0108 e. The van der Waals surface area contributed by atoms with Gasteiger partial charge in [0.15, 0.2) is 0 Å². The van der Waals surface area contributed by atoms with Crippen LogP contribution in [0.1, 0.15) is 79.6 Å². The van der Waals surface area contributed by atoms with Crippen molar-refractivity contribution in [1.82, 2.24) is 10.2 Å². The van der Waals surface area contributed by atoms with Crippen molar-refractivity contribution >= 4 is 0 Å². The van der Waals surface area contributed by atoms with Crippen LogP contribution in [0.4, 0.5) is 0 Å². The fourth-order valence-electron chi connectivity index (χ4n) is 3.85. The fraction of sp³-hybridized carbons (Fsp3) is 1.00. The molecular weight excluding hydrogens is 256 g/mol. The average Bonchev–Trinajstić information content (AvgIpc) is 2.44. The van der Waals surface area contributed by atoms with Gasteiger partial charge in [0.05, 0.1) is 0 Å². The Balaban J connectivity index is 2.60. The Morgan fingerprint density at radius 1 is 1.05 bits per heavy atom. The molecule has 2 nitrogen and oxygen atoms in total. The first-order chi connectivity index (χ1) is 10.0. The zero-order chi connectivity index (χ0) is 15.7. The summed E-state index contributed by atoms with van der Waals surface area (Å²) in [5.41, 5.74) is 0.539. The van der Waals surface area contributed by atoms with Gasteiger partial charge in [-0.2, -0.15) is 0 Å². The van der Waals surface area contributed by atoms with E-state index >= 15 is 0 Å². The van der Waals surface area contributed by atoms with Gasteiger partial charge in [-0.05, 0) is 63.1 Å². The molecule has 1 aliphatic carbocycles. The van der Waals surface area contributed by atoms with E-state index in [0.717, 1.165) is 18.5 Å². The number of nitrogens with zero attached hydrogens (tertiary/aromatic N) is 1. The molecule has 1 fully saturated rings. The van der Waals surface area contributed by atoms with E-state index in [9.17, 15) is 0 Å². The molecule has 0 amide bonds. The van der Waals surface area contributed by atoms with E-state index in [-0.39, 0.29) is 0 Å². The highest BCUT2D eigenvalue weighted by Gasteiger charge is 2.35. The maximum Gasteiger partial charge on any atom is 0.0108 e. The van der Waals surface area contributed by atoms with Crippen LogP contribution in [0, 0.1) is 11.3 Å². The second-order valence-electron chi connectivity index (χ2n) is 7.84. The molecule has 0 spiro atoms. The molecule has 21 heavy (non-hydrogen) atoms. The van der Waals surface area contributed by atoms with Crippen LogP contribution in [0.2, 0.25) is 0 Å². The lowest BCUT2D eigenvalue weighted by molar-refractivity contribution is 0.0991. The zero-order valence-electron chi connectivity index (χ0n) is 15.4. The molecule has 0 aromatic rings. The Bertz CT molecular complexity index is 254. The molecule has 2 atom stereocenters. The van der Waals surface area contributed by atoms with Gasteiger partial charge in [0.1, 0.15) is 0 Å². The lowest BCUT2D eigenvalue weighted by Crippen LogP contribution is -2.47. The standard InChI is InChI=1S/C19H40N2/c1-6-9-13-21(14-10-7-2)16-17-15-19(4,5)12-11-18(17)20-8-3/h17-18,20H,6-16H2,1-5H3. The molecule has 1 rings (SSSR count). The minimum atomic E-state index is 0.539. The van der Waals surface area contributed by atoms with E-state index in [1.165, 1.54) is 64.6 Å². The summed E-state index contributed by atoms with van der Waals surface area (Å²) in [5.74, 6) is 0.836. The van der Waals surface area contributed by atoms with Crippen LogP contribution in [0.3, 0.4) is 0 Å². The van der Waals surface area contributed by atoms with Crippen LogP contribution >= 0.6 is 0 Å². The van der Waals surface area contributed by atoms with E-state index in [1.54, 1.807) is 0 Å². The van der Waals surface area contributed by atoms with Gasteiger partial charge in [-0.3, -0.25) is 0 Å². The highest BCUT2D eigenvalue weighted by molar-refractivity contribution is 4.90. The van der Waals surface area contributed by atoms with Crippen LogP contribution in [0.15, 0.2) is 0 Å². The highest BCUT2D eigenvalue weighted by atomic mass is 15.1. The predicted octanol–water partition coefficient (Wildman–Crippen LogP) is 4.69. The first-order valence-corrected chi connectivity index (χ1v) is 9.48. The van der Waals surface area contributed by atoms with Gasteiger partial charge in [-0.25, -0.2) is 0 Å². The summed E-state index contributed by atoms with van der Waals surface area (Å²) in [5, 5.41) is 3.76.